The number of carbonyl (C=O) groups excluding carboxylic acids is 1. The van der Waals surface area contributed by atoms with Gasteiger partial charge in [0.05, 0.1) is 0 Å². The van der Waals surface area contributed by atoms with Gasteiger partial charge in [-0.3, -0.25) is 0 Å². The van der Waals surface area contributed by atoms with E-state index in [0.717, 1.165) is 25.0 Å². The molecule has 10 heavy (non-hydrogen) atoms. The van der Waals surface area contributed by atoms with E-state index in [1.807, 2.05) is 6.92 Å². The zero-order valence-electron chi connectivity index (χ0n) is 6.11. The van der Waals surface area contributed by atoms with Crippen molar-refractivity contribution in [3.8, 4) is 0 Å². The van der Waals surface area contributed by atoms with Crippen molar-refractivity contribution in [1.82, 2.24) is 5.32 Å². The summed E-state index contributed by atoms with van der Waals surface area (Å²) < 4.78 is 0. The maximum atomic E-state index is 10.4. The van der Waals surface area contributed by atoms with Crippen LogP contribution in [0.2, 0.25) is 0 Å². The van der Waals surface area contributed by atoms with Gasteiger partial charge in [0, 0.05) is 5.70 Å². The van der Waals surface area contributed by atoms with Crippen molar-refractivity contribution in [3.05, 3.63) is 11.3 Å². The van der Waals surface area contributed by atoms with Crippen LogP contribution in [0.5, 0.6) is 0 Å². The van der Waals surface area contributed by atoms with Crippen molar-refractivity contribution in [1.29, 1.82) is 0 Å². The van der Waals surface area contributed by atoms with E-state index >= 15 is 0 Å². The number of allylic oxidation sites excluding steroid dienone is 2. The van der Waals surface area contributed by atoms with E-state index in [-0.39, 0.29) is 0 Å². The van der Waals surface area contributed by atoms with Gasteiger partial charge in [-0.05, 0) is 26.2 Å². The smallest absolute Gasteiger partial charge is 0.316 e. The number of nitrogens with one attached hydrogen (secondary N) is 1. The first-order chi connectivity index (χ1) is 4.70. The van der Waals surface area contributed by atoms with E-state index in [0.29, 0.717) is 0 Å². The largest absolute Gasteiger partial charge is 0.351 e. The van der Waals surface area contributed by atoms with Gasteiger partial charge in [0.25, 0.3) is 0 Å². The van der Waals surface area contributed by atoms with Crippen LogP contribution in [0, 0.1) is 0 Å². The van der Waals surface area contributed by atoms with Gasteiger partial charge in [0.15, 0.2) is 0 Å². The number of carbonyl (C=O) groups is 1. The summed E-state index contributed by atoms with van der Waals surface area (Å²) in [4.78, 5) is 10.4. The Hall–Kier alpha value is -0.990. The fourth-order valence-electron chi connectivity index (χ4n) is 1.21. The van der Waals surface area contributed by atoms with E-state index in [9.17, 15) is 4.79 Å². The molecule has 3 nitrogen and oxygen atoms in total. The zero-order valence-corrected chi connectivity index (χ0v) is 6.11. The molecule has 0 fully saturated rings. The van der Waals surface area contributed by atoms with Crippen LogP contribution in [0.1, 0.15) is 26.2 Å². The molecule has 0 atom stereocenters. The molecule has 0 spiro atoms. The van der Waals surface area contributed by atoms with Crippen LogP contribution < -0.4 is 11.1 Å². The Morgan fingerprint density at radius 2 is 2.30 bits per heavy atom. The van der Waals surface area contributed by atoms with Crippen LogP contribution >= 0.6 is 0 Å². The fraction of sp³-hybridized carbons (Fsp3) is 0.571. The molecule has 2 amide bonds. The lowest BCUT2D eigenvalue weighted by molar-refractivity contribution is 0.251. The minimum Gasteiger partial charge on any atom is -0.351 e. The van der Waals surface area contributed by atoms with Crippen LogP contribution in [-0.4, -0.2) is 6.03 Å². The van der Waals surface area contributed by atoms with Crippen LogP contribution in [0.4, 0.5) is 4.79 Å². The lowest BCUT2D eigenvalue weighted by Crippen LogP contribution is -2.28. The van der Waals surface area contributed by atoms with Crippen LogP contribution in [0.3, 0.4) is 0 Å². The molecule has 0 aromatic rings. The van der Waals surface area contributed by atoms with Gasteiger partial charge in [0.1, 0.15) is 0 Å². The van der Waals surface area contributed by atoms with Gasteiger partial charge < -0.3 is 11.1 Å². The van der Waals surface area contributed by atoms with E-state index in [2.05, 4.69) is 5.32 Å². The van der Waals surface area contributed by atoms with Crippen molar-refractivity contribution in [2.45, 2.75) is 26.2 Å². The first-order valence-electron chi connectivity index (χ1n) is 3.45. The minimum absolute atomic E-state index is 0.448. The second-order valence-corrected chi connectivity index (χ2v) is 2.60. The molecular weight excluding hydrogens is 128 g/mol. The first-order valence-corrected chi connectivity index (χ1v) is 3.45. The molecule has 0 bridgehead atoms. The van der Waals surface area contributed by atoms with E-state index in [4.69, 9.17) is 5.73 Å². The summed E-state index contributed by atoms with van der Waals surface area (Å²) in [7, 11) is 0. The topological polar surface area (TPSA) is 55.1 Å². The highest BCUT2D eigenvalue weighted by Crippen LogP contribution is 2.22. The lowest BCUT2D eigenvalue weighted by atomic mass is 10.3. The molecular formula is C7H12N2O. The van der Waals surface area contributed by atoms with Gasteiger partial charge in [-0.15, -0.1) is 0 Å². The summed E-state index contributed by atoms with van der Waals surface area (Å²) in [6.07, 6.45) is 3.20. The molecule has 0 aromatic carbocycles. The van der Waals surface area contributed by atoms with Crippen molar-refractivity contribution in [2.24, 2.45) is 5.73 Å². The molecule has 3 N–H and O–H groups in total. The molecule has 0 aromatic heterocycles. The van der Waals surface area contributed by atoms with Gasteiger partial charge in [-0.25, -0.2) is 4.79 Å². The highest BCUT2D eigenvalue weighted by atomic mass is 16.2. The molecule has 0 heterocycles. The summed E-state index contributed by atoms with van der Waals surface area (Å²) in [5.74, 6) is 0. The van der Waals surface area contributed by atoms with Gasteiger partial charge in [0.2, 0.25) is 0 Å². The third-order valence-electron chi connectivity index (χ3n) is 1.77. The zero-order chi connectivity index (χ0) is 7.56. The average molecular weight is 140 g/mol. The van der Waals surface area contributed by atoms with Gasteiger partial charge in [-0.2, -0.15) is 0 Å². The average Bonchev–Trinajstić information content (AvgIpc) is 2.15. The molecule has 0 aliphatic heterocycles. The van der Waals surface area contributed by atoms with Crippen molar-refractivity contribution in [2.75, 3.05) is 0 Å². The summed E-state index contributed by atoms with van der Waals surface area (Å²) >= 11 is 0. The molecule has 1 aliphatic rings. The number of nitrogens with two attached hydrogens (primary N) is 1. The maximum absolute atomic E-state index is 10.4. The summed E-state index contributed by atoms with van der Waals surface area (Å²) in [5.41, 5.74) is 7.23. The van der Waals surface area contributed by atoms with E-state index < -0.39 is 6.03 Å². The Balaban J connectivity index is 2.54. The monoisotopic (exact) mass is 140 g/mol. The second kappa shape index (κ2) is 2.73. The fourth-order valence-corrected chi connectivity index (χ4v) is 1.21. The number of rotatable bonds is 1. The molecule has 0 saturated heterocycles. The third kappa shape index (κ3) is 1.50. The highest BCUT2D eigenvalue weighted by molar-refractivity contribution is 5.73. The van der Waals surface area contributed by atoms with Crippen LogP contribution in [0.15, 0.2) is 11.3 Å². The summed E-state index contributed by atoms with van der Waals surface area (Å²) in [5, 5.41) is 2.61. The summed E-state index contributed by atoms with van der Waals surface area (Å²) in [6.45, 7) is 2.03. The second-order valence-electron chi connectivity index (χ2n) is 2.60. The Morgan fingerprint density at radius 3 is 2.70 bits per heavy atom. The predicted molar refractivity (Wildman–Crippen MR) is 39.3 cm³/mol. The van der Waals surface area contributed by atoms with E-state index in [1.54, 1.807) is 0 Å². The Kier molecular flexibility index (Phi) is 1.94. The van der Waals surface area contributed by atoms with E-state index in [1.165, 1.54) is 5.57 Å². The normalized spacial score (nSPS) is 17.7. The maximum Gasteiger partial charge on any atom is 0.316 e. The number of urea groups is 1. The molecule has 56 valence electrons. The SMILES string of the molecule is CC1=C(NC(N)=O)CCC1. The number of hydrogen-bond acceptors (Lipinski definition) is 1. The summed E-state index contributed by atoms with van der Waals surface area (Å²) in [6, 6.07) is -0.448. The number of amides is 2. The molecule has 1 aliphatic carbocycles. The molecule has 1 rings (SSSR count). The molecule has 3 heteroatoms. The number of primary amides is 1. The number of hydrogen-bond donors (Lipinski definition) is 2. The van der Waals surface area contributed by atoms with Crippen LogP contribution in [0.25, 0.3) is 0 Å². The molecule has 0 unspecified atom stereocenters. The predicted octanol–water partition coefficient (Wildman–Crippen LogP) is 1.11. The lowest BCUT2D eigenvalue weighted by Gasteiger charge is -2.01. The van der Waals surface area contributed by atoms with Gasteiger partial charge in [-0.1, -0.05) is 5.57 Å². The Morgan fingerprint density at radius 1 is 1.60 bits per heavy atom. The van der Waals surface area contributed by atoms with Gasteiger partial charge >= 0.3 is 6.03 Å². The quantitative estimate of drug-likeness (QED) is 0.563. The van der Waals surface area contributed by atoms with Crippen molar-refractivity contribution < 1.29 is 4.79 Å². The standard InChI is InChI=1S/C7H12N2O/c1-5-3-2-4-6(5)9-7(8)10/h2-4H2,1H3,(H3,8,9,10). The first kappa shape index (κ1) is 7.12. The highest BCUT2D eigenvalue weighted by Gasteiger charge is 2.10. The molecule has 0 saturated carbocycles. The van der Waals surface area contributed by atoms with Crippen LogP contribution in [-0.2, 0) is 0 Å². The third-order valence-corrected chi connectivity index (χ3v) is 1.77. The Bertz CT molecular complexity index is 184. The molecule has 0 radical (unpaired) electrons. The minimum atomic E-state index is -0.448. The van der Waals surface area contributed by atoms with Crippen molar-refractivity contribution in [3.63, 3.8) is 0 Å². The van der Waals surface area contributed by atoms with Crippen molar-refractivity contribution >= 4 is 6.03 Å². The Labute approximate surface area is 60.3 Å².